The molecule has 1 aliphatic heterocycles. The van der Waals surface area contributed by atoms with Crippen molar-refractivity contribution in [3.8, 4) is 0 Å². The molecular formula is C13H17F3N2. The lowest BCUT2D eigenvalue weighted by molar-refractivity contribution is -0.139. The number of alkyl halides is 3. The lowest BCUT2D eigenvalue weighted by Crippen LogP contribution is -2.46. The van der Waals surface area contributed by atoms with E-state index in [1.807, 2.05) is 29.2 Å². The first kappa shape index (κ1) is 13.4. The summed E-state index contributed by atoms with van der Waals surface area (Å²) in [5, 5.41) is 0. The molecule has 1 heterocycles. The summed E-state index contributed by atoms with van der Waals surface area (Å²) in [6, 6.07) is 7.89. The van der Waals surface area contributed by atoms with Gasteiger partial charge in [0.2, 0.25) is 0 Å². The summed E-state index contributed by atoms with van der Waals surface area (Å²) in [7, 11) is 0. The van der Waals surface area contributed by atoms with E-state index in [2.05, 4.69) is 0 Å². The van der Waals surface area contributed by atoms with Crippen LogP contribution in [0.5, 0.6) is 0 Å². The summed E-state index contributed by atoms with van der Waals surface area (Å²) >= 11 is 0. The third-order valence-corrected chi connectivity index (χ3v) is 3.42. The summed E-state index contributed by atoms with van der Waals surface area (Å²) in [5.74, 6) is 0. The molecule has 1 aliphatic rings. The van der Waals surface area contributed by atoms with E-state index in [9.17, 15) is 13.2 Å². The van der Waals surface area contributed by atoms with Crippen molar-refractivity contribution >= 4 is 0 Å². The highest BCUT2D eigenvalue weighted by atomic mass is 19.4. The lowest BCUT2D eigenvalue weighted by atomic mass is 9.94. The zero-order valence-electron chi connectivity index (χ0n) is 10.1. The largest absolute Gasteiger partial charge is 0.390 e. The molecule has 1 aromatic carbocycles. The molecule has 5 heteroatoms. The van der Waals surface area contributed by atoms with E-state index in [1.54, 1.807) is 0 Å². The van der Waals surface area contributed by atoms with Crippen molar-refractivity contribution in [2.24, 2.45) is 5.73 Å². The SMILES string of the molecule is NCC1Cc2ccccc2CN1CCC(F)(F)F. The van der Waals surface area contributed by atoms with Crippen LogP contribution in [0.3, 0.4) is 0 Å². The van der Waals surface area contributed by atoms with Crippen LogP contribution in [0.25, 0.3) is 0 Å². The van der Waals surface area contributed by atoms with E-state index >= 15 is 0 Å². The third-order valence-electron chi connectivity index (χ3n) is 3.42. The highest BCUT2D eigenvalue weighted by Crippen LogP contribution is 2.26. The number of hydrogen-bond acceptors (Lipinski definition) is 2. The number of rotatable bonds is 3. The smallest absolute Gasteiger partial charge is 0.329 e. The molecule has 1 atom stereocenters. The molecule has 0 amide bonds. The van der Waals surface area contributed by atoms with Crippen LogP contribution >= 0.6 is 0 Å². The van der Waals surface area contributed by atoms with E-state index in [1.165, 1.54) is 5.56 Å². The Hall–Kier alpha value is -1.07. The van der Waals surface area contributed by atoms with Crippen LogP contribution in [0, 0.1) is 0 Å². The first-order valence-corrected chi connectivity index (χ1v) is 6.07. The van der Waals surface area contributed by atoms with E-state index in [4.69, 9.17) is 5.73 Å². The minimum atomic E-state index is -4.10. The van der Waals surface area contributed by atoms with Gasteiger partial charge >= 0.3 is 6.18 Å². The maximum atomic E-state index is 12.3. The summed E-state index contributed by atoms with van der Waals surface area (Å²) in [6.45, 7) is 0.986. The minimum absolute atomic E-state index is 0.0160. The Morgan fingerprint density at radius 2 is 1.89 bits per heavy atom. The fourth-order valence-corrected chi connectivity index (χ4v) is 2.41. The van der Waals surface area contributed by atoms with Crippen molar-refractivity contribution in [1.82, 2.24) is 4.90 Å². The number of nitrogens with zero attached hydrogens (tertiary/aromatic N) is 1. The van der Waals surface area contributed by atoms with Crippen LogP contribution in [0.4, 0.5) is 13.2 Å². The van der Waals surface area contributed by atoms with Crippen molar-refractivity contribution in [3.63, 3.8) is 0 Å². The fourth-order valence-electron chi connectivity index (χ4n) is 2.41. The summed E-state index contributed by atoms with van der Waals surface area (Å²) in [4.78, 5) is 1.84. The van der Waals surface area contributed by atoms with Gasteiger partial charge < -0.3 is 5.73 Å². The Morgan fingerprint density at radius 1 is 1.22 bits per heavy atom. The second-order valence-electron chi connectivity index (χ2n) is 4.70. The van der Waals surface area contributed by atoms with E-state index < -0.39 is 12.6 Å². The normalized spacial score (nSPS) is 20.8. The first-order chi connectivity index (χ1) is 8.49. The Morgan fingerprint density at radius 3 is 2.50 bits per heavy atom. The average molecular weight is 258 g/mol. The monoisotopic (exact) mass is 258 g/mol. The number of hydrogen-bond donors (Lipinski definition) is 1. The van der Waals surface area contributed by atoms with Crippen LogP contribution in [0.2, 0.25) is 0 Å². The molecule has 0 aromatic heterocycles. The standard InChI is InChI=1S/C13H17F3N2/c14-13(15,16)5-6-18-9-11-4-2-1-3-10(11)7-12(18)8-17/h1-4,12H,5-9,17H2. The lowest BCUT2D eigenvalue weighted by Gasteiger charge is -2.36. The maximum absolute atomic E-state index is 12.3. The predicted octanol–water partition coefficient (Wildman–Crippen LogP) is 2.32. The summed E-state index contributed by atoms with van der Waals surface area (Å²) in [6.07, 6.45) is -4.13. The Bertz CT molecular complexity index is 403. The van der Waals surface area contributed by atoms with Gasteiger partial charge in [0.05, 0.1) is 6.42 Å². The van der Waals surface area contributed by atoms with E-state index in [-0.39, 0.29) is 12.6 Å². The van der Waals surface area contributed by atoms with Gasteiger partial charge in [-0.05, 0) is 17.5 Å². The zero-order valence-corrected chi connectivity index (χ0v) is 10.1. The van der Waals surface area contributed by atoms with Crippen molar-refractivity contribution in [1.29, 1.82) is 0 Å². The minimum Gasteiger partial charge on any atom is -0.329 e. The average Bonchev–Trinajstić information content (AvgIpc) is 2.34. The van der Waals surface area contributed by atoms with Gasteiger partial charge in [0.1, 0.15) is 0 Å². The van der Waals surface area contributed by atoms with Crippen molar-refractivity contribution < 1.29 is 13.2 Å². The number of halogens is 3. The van der Waals surface area contributed by atoms with E-state index in [0.717, 1.165) is 12.0 Å². The molecule has 100 valence electrons. The van der Waals surface area contributed by atoms with Gasteiger partial charge in [-0.25, -0.2) is 0 Å². The molecule has 0 bridgehead atoms. The second kappa shape index (κ2) is 5.28. The van der Waals surface area contributed by atoms with Gasteiger partial charge in [0, 0.05) is 25.7 Å². The highest BCUT2D eigenvalue weighted by molar-refractivity contribution is 5.30. The fraction of sp³-hybridized carbons (Fsp3) is 0.538. The molecule has 0 radical (unpaired) electrons. The molecule has 0 saturated heterocycles. The molecule has 2 rings (SSSR count). The third kappa shape index (κ3) is 3.23. The number of benzene rings is 1. The van der Waals surface area contributed by atoms with Crippen molar-refractivity contribution in [2.75, 3.05) is 13.1 Å². The molecule has 0 saturated carbocycles. The molecule has 1 aromatic rings. The summed E-state index contributed by atoms with van der Waals surface area (Å²) < 4.78 is 36.8. The molecule has 2 nitrogen and oxygen atoms in total. The topological polar surface area (TPSA) is 29.3 Å². The molecule has 0 aliphatic carbocycles. The van der Waals surface area contributed by atoms with Crippen LogP contribution in [0.1, 0.15) is 17.5 Å². The van der Waals surface area contributed by atoms with Gasteiger partial charge in [-0.15, -0.1) is 0 Å². The van der Waals surface area contributed by atoms with Crippen molar-refractivity contribution in [2.45, 2.75) is 31.6 Å². The van der Waals surface area contributed by atoms with Crippen LogP contribution in [-0.4, -0.2) is 30.2 Å². The van der Waals surface area contributed by atoms with Gasteiger partial charge in [0.25, 0.3) is 0 Å². The van der Waals surface area contributed by atoms with Gasteiger partial charge in [-0.1, -0.05) is 24.3 Å². The maximum Gasteiger partial charge on any atom is 0.390 e. The Kier molecular flexibility index (Phi) is 3.92. The van der Waals surface area contributed by atoms with E-state index in [0.29, 0.717) is 13.1 Å². The molecule has 1 unspecified atom stereocenters. The molecule has 0 spiro atoms. The highest BCUT2D eigenvalue weighted by Gasteiger charge is 2.31. The van der Waals surface area contributed by atoms with Crippen LogP contribution in [0.15, 0.2) is 24.3 Å². The van der Waals surface area contributed by atoms with Gasteiger partial charge in [-0.3, -0.25) is 4.90 Å². The quantitative estimate of drug-likeness (QED) is 0.901. The summed E-state index contributed by atoms with van der Waals surface area (Å²) in [5.41, 5.74) is 7.99. The van der Waals surface area contributed by atoms with Gasteiger partial charge in [0.15, 0.2) is 0 Å². The second-order valence-corrected chi connectivity index (χ2v) is 4.70. The molecule has 2 N–H and O–H groups in total. The Balaban J connectivity index is 2.07. The number of fused-ring (bicyclic) bond motifs is 1. The van der Waals surface area contributed by atoms with Crippen LogP contribution < -0.4 is 5.73 Å². The zero-order chi connectivity index (χ0) is 13.2. The molecular weight excluding hydrogens is 241 g/mol. The van der Waals surface area contributed by atoms with Crippen molar-refractivity contribution in [3.05, 3.63) is 35.4 Å². The predicted molar refractivity (Wildman–Crippen MR) is 64.1 cm³/mol. The molecule has 0 fully saturated rings. The van der Waals surface area contributed by atoms with Gasteiger partial charge in [-0.2, -0.15) is 13.2 Å². The number of nitrogens with two attached hydrogens (primary N) is 1. The van der Waals surface area contributed by atoms with Crippen LogP contribution in [-0.2, 0) is 13.0 Å². The first-order valence-electron chi connectivity index (χ1n) is 6.07. The molecule has 18 heavy (non-hydrogen) atoms. The Labute approximate surface area is 105 Å².